The lowest BCUT2D eigenvalue weighted by Crippen LogP contribution is -2.55. The van der Waals surface area contributed by atoms with E-state index in [-0.39, 0.29) is 22.5 Å². The van der Waals surface area contributed by atoms with E-state index in [2.05, 4.69) is 25.3 Å². The Hall–Kier alpha value is -3.64. The van der Waals surface area contributed by atoms with Crippen molar-refractivity contribution >= 4 is 58.0 Å². The first-order valence-electron chi connectivity index (χ1n) is 13.5. The number of aromatic nitrogens is 4. The van der Waals surface area contributed by atoms with Crippen molar-refractivity contribution in [2.45, 2.75) is 51.8 Å². The average Bonchev–Trinajstić information content (AvgIpc) is 3.41. The predicted octanol–water partition coefficient (Wildman–Crippen LogP) is 3.68. The Morgan fingerprint density at radius 2 is 1.88 bits per heavy atom. The fourth-order valence-corrected chi connectivity index (χ4v) is 5.45. The Bertz CT molecular complexity index is 1520. The van der Waals surface area contributed by atoms with Crippen LogP contribution in [0.2, 0.25) is 10.0 Å². The van der Waals surface area contributed by atoms with Crippen LogP contribution in [0.3, 0.4) is 0 Å². The molecular weight excluding hydrogens is 571 g/mol. The number of halogens is 2. The van der Waals surface area contributed by atoms with E-state index in [0.29, 0.717) is 67.5 Å². The van der Waals surface area contributed by atoms with Crippen molar-refractivity contribution in [3.8, 4) is 0 Å². The molecule has 2 saturated heterocycles. The molecule has 5 rings (SSSR count). The number of rotatable bonds is 5. The molecule has 2 aliphatic heterocycles. The maximum Gasteiger partial charge on any atom is 0.410 e. The van der Waals surface area contributed by atoms with Crippen molar-refractivity contribution < 1.29 is 14.3 Å². The summed E-state index contributed by atoms with van der Waals surface area (Å²) in [5.74, 6) is 0.634. The van der Waals surface area contributed by atoms with Gasteiger partial charge in [-0.1, -0.05) is 29.3 Å². The third-order valence-corrected chi connectivity index (χ3v) is 7.58. The highest BCUT2D eigenvalue weighted by atomic mass is 35.5. The Morgan fingerprint density at radius 3 is 2.59 bits per heavy atom. The molecule has 2 N–H and O–H groups in total. The highest BCUT2D eigenvalue weighted by Crippen LogP contribution is 2.26. The van der Waals surface area contributed by atoms with Crippen molar-refractivity contribution in [2.75, 3.05) is 42.9 Å². The molecule has 0 saturated carbocycles. The standard InChI is InChI=1S/C27H32Cl2N8O4/c1-27(2,3)41-26(40)37-8-4-5-19(37)24(39)35-9-11-36(12-10-35)25-33-21(20-22(34-25)31-15-32-23(20)38)30-14-16-6-7-17(28)13-18(16)29/h6-7,13,15,19H,4-5,8-12,14H2,1-3H3,(H2,30,31,32,33,34,38)/t19-/m1/s1. The molecule has 2 fully saturated rings. The van der Waals surface area contributed by atoms with Crippen molar-refractivity contribution in [3.05, 3.63) is 50.5 Å². The minimum atomic E-state index is -0.632. The molecule has 0 unspecified atom stereocenters. The monoisotopic (exact) mass is 602 g/mol. The van der Waals surface area contributed by atoms with E-state index in [4.69, 9.17) is 27.9 Å². The summed E-state index contributed by atoms with van der Waals surface area (Å²) in [6, 6.07) is 4.66. The zero-order chi connectivity index (χ0) is 29.3. The minimum absolute atomic E-state index is 0.0807. The van der Waals surface area contributed by atoms with Crippen molar-refractivity contribution in [1.29, 1.82) is 0 Å². The number of ether oxygens (including phenoxy) is 1. The highest BCUT2D eigenvalue weighted by Gasteiger charge is 2.39. The molecular formula is C27H32Cl2N8O4. The Morgan fingerprint density at radius 1 is 1.12 bits per heavy atom. The zero-order valence-corrected chi connectivity index (χ0v) is 24.6. The number of anilines is 2. The fourth-order valence-electron chi connectivity index (χ4n) is 4.98. The SMILES string of the molecule is CC(C)(C)OC(=O)N1CCC[C@@H]1C(=O)N1CCN(c2nc(NCc3ccc(Cl)cc3Cl)c3c(=O)[nH]cnc3n2)CC1. The molecule has 41 heavy (non-hydrogen) atoms. The van der Waals surface area contributed by atoms with Gasteiger partial charge < -0.3 is 24.8 Å². The minimum Gasteiger partial charge on any atom is -0.444 e. The molecule has 2 amide bonds. The summed E-state index contributed by atoms with van der Waals surface area (Å²) >= 11 is 12.4. The quantitative estimate of drug-likeness (QED) is 0.448. The van der Waals surface area contributed by atoms with Gasteiger partial charge in [-0.15, -0.1) is 0 Å². The van der Waals surface area contributed by atoms with Gasteiger partial charge in [0.25, 0.3) is 5.56 Å². The van der Waals surface area contributed by atoms with Crippen LogP contribution in [0, 0.1) is 0 Å². The van der Waals surface area contributed by atoms with E-state index in [1.165, 1.54) is 6.33 Å². The summed E-state index contributed by atoms with van der Waals surface area (Å²) in [7, 11) is 0. The maximum absolute atomic E-state index is 13.4. The van der Waals surface area contributed by atoms with Crippen molar-refractivity contribution in [1.82, 2.24) is 29.7 Å². The highest BCUT2D eigenvalue weighted by molar-refractivity contribution is 6.35. The second-order valence-electron chi connectivity index (χ2n) is 11.0. The van der Waals surface area contributed by atoms with Gasteiger partial charge in [0.05, 0.1) is 6.33 Å². The number of benzene rings is 1. The normalized spacial score (nSPS) is 17.7. The van der Waals surface area contributed by atoms with Gasteiger partial charge in [-0.2, -0.15) is 9.97 Å². The summed E-state index contributed by atoms with van der Waals surface area (Å²) in [4.78, 5) is 60.1. The van der Waals surface area contributed by atoms with E-state index >= 15 is 0 Å². The molecule has 14 heteroatoms. The second kappa shape index (κ2) is 11.7. The lowest BCUT2D eigenvalue weighted by Gasteiger charge is -2.37. The van der Waals surface area contributed by atoms with Gasteiger partial charge in [0.15, 0.2) is 5.65 Å². The molecule has 2 aromatic heterocycles. The third kappa shape index (κ3) is 6.48. The lowest BCUT2D eigenvalue weighted by atomic mass is 10.1. The number of fused-ring (bicyclic) bond motifs is 1. The summed E-state index contributed by atoms with van der Waals surface area (Å²) in [6.07, 6.45) is 2.21. The second-order valence-corrected chi connectivity index (χ2v) is 11.9. The summed E-state index contributed by atoms with van der Waals surface area (Å²) in [5.41, 5.74) is 0.0330. The summed E-state index contributed by atoms with van der Waals surface area (Å²) in [6.45, 7) is 8.05. The zero-order valence-electron chi connectivity index (χ0n) is 23.1. The molecule has 1 aromatic carbocycles. The summed E-state index contributed by atoms with van der Waals surface area (Å²) in [5, 5.41) is 4.45. The van der Waals surface area contributed by atoms with Crippen LogP contribution in [-0.4, -0.2) is 86.1 Å². The van der Waals surface area contributed by atoms with Gasteiger partial charge in [-0.05, 0) is 51.3 Å². The van der Waals surface area contributed by atoms with Crippen molar-refractivity contribution in [2.24, 2.45) is 0 Å². The lowest BCUT2D eigenvalue weighted by molar-refractivity contribution is -0.136. The van der Waals surface area contributed by atoms with Gasteiger partial charge in [0.1, 0.15) is 22.8 Å². The smallest absolute Gasteiger partial charge is 0.410 e. The van der Waals surface area contributed by atoms with E-state index in [1.54, 1.807) is 28.0 Å². The molecule has 2 aliphatic rings. The molecule has 0 radical (unpaired) electrons. The van der Waals surface area contributed by atoms with Crippen LogP contribution < -0.4 is 15.8 Å². The third-order valence-electron chi connectivity index (χ3n) is 6.99. The van der Waals surface area contributed by atoms with E-state index in [9.17, 15) is 14.4 Å². The molecule has 0 aliphatic carbocycles. The first kappa shape index (κ1) is 28.9. The van der Waals surface area contributed by atoms with Crippen LogP contribution in [-0.2, 0) is 16.1 Å². The largest absolute Gasteiger partial charge is 0.444 e. The average molecular weight is 604 g/mol. The number of amides is 2. The molecule has 3 aromatic rings. The predicted molar refractivity (Wildman–Crippen MR) is 156 cm³/mol. The topological polar surface area (TPSA) is 137 Å². The van der Waals surface area contributed by atoms with Crippen LogP contribution in [0.5, 0.6) is 0 Å². The Balaban J connectivity index is 1.30. The molecule has 0 spiro atoms. The fraction of sp³-hybridized carbons (Fsp3) is 0.481. The number of nitrogens with zero attached hydrogens (tertiary/aromatic N) is 6. The first-order chi connectivity index (χ1) is 19.5. The van der Waals surface area contributed by atoms with E-state index in [0.717, 1.165) is 12.0 Å². The van der Waals surface area contributed by atoms with Crippen molar-refractivity contribution in [3.63, 3.8) is 0 Å². The number of carbonyl (C=O) groups is 2. The number of piperazine rings is 1. The van der Waals surface area contributed by atoms with Gasteiger partial charge in [0.2, 0.25) is 11.9 Å². The van der Waals surface area contributed by atoms with Crippen LogP contribution in [0.25, 0.3) is 11.0 Å². The number of hydrogen-bond donors (Lipinski definition) is 2. The number of aromatic amines is 1. The Kier molecular flexibility index (Phi) is 8.23. The van der Waals surface area contributed by atoms with E-state index in [1.807, 2.05) is 25.7 Å². The molecule has 4 heterocycles. The molecule has 0 bridgehead atoms. The van der Waals surface area contributed by atoms with Gasteiger partial charge in [0, 0.05) is 49.3 Å². The van der Waals surface area contributed by atoms with Gasteiger partial charge >= 0.3 is 6.09 Å². The van der Waals surface area contributed by atoms with Crippen LogP contribution in [0.1, 0.15) is 39.2 Å². The number of likely N-dealkylation sites (tertiary alicyclic amines) is 1. The molecule has 1 atom stereocenters. The van der Waals surface area contributed by atoms with Crippen LogP contribution >= 0.6 is 23.2 Å². The summed E-state index contributed by atoms with van der Waals surface area (Å²) < 4.78 is 5.52. The van der Waals surface area contributed by atoms with Gasteiger partial charge in [-0.3, -0.25) is 14.5 Å². The van der Waals surface area contributed by atoms with E-state index < -0.39 is 17.7 Å². The van der Waals surface area contributed by atoms with Gasteiger partial charge in [-0.25, -0.2) is 9.78 Å². The molecule has 218 valence electrons. The number of hydrogen-bond acceptors (Lipinski definition) is 9. The maximum atomic E-state index is 13.4. The molecule has 12 nitrogen and oxygen atoms in total. The van der Waals surface area contributed by atoms with Crippen LogP contribution in [0.4, 0.5) is 16.6 Å². The first-order valence-corrected chi connectivity index (χ1v) is 14.2. The van der Waals surface area contributed by atoms with Crippen LogP contribution in [0.15, 0.2) is 29.3 Å². The Labute approximate surface area is 247 Å². The number of H-pyrrole nitrogens is 1. The number of carbonyl (C=O) groups excluding carboxylic acids is 2. The number of nitrogens with one attached hydrogen (secondary N) is 2.